The molecule has 0 bridgehead atoms. The summed E-state index contributed by atoms with van der Waals surface area (Å²) in [6.07, 6.45) is 5.87. The van der Waals surface area contributed by atoms with E-state index in [1.807, 2.05) is 6.20 Å². The first kappa shape index (κ1) is 13.7. The summed E-state index contributed by atoms with van der Waals surface area (Å²) >= 11 is 1.62. The smallest absolute Gasteiger partial charge is 0.197 e. The first-order valence-electron chi connectivity index (χ1n) is 6.33. The van der Waals surface area contributed by atoms with E-state index >= 15 is 0 Å². The van der Waals surface area contributed by atoms with Crippen LogP contribution in [-0.2, 0) is 6.54 Å². The van der Waals surface area contributed by atoms with E-state index in [0.717, 1.165) is 18.2 Å². The first-order chi connectivity index (χ1) is 8.55. The van der Waals surface area contributed by atoms with Crippen molar-refractivity contribution in [3.05, 3.63) is 11.1 Å². The molecule has 1 heterocycles. The van der Waals surface area contributed by atoms with Crippen LogP contribution in [0, 0.1) is 0 Å². The second-order valence-electron chi connectivity index (χ2n) is 5.42. The number of hydrogen-bond acceptors (Lipinski definition) is 6. The van der Waals surface area contributed by atoms with Crippen molar-refractivity contribution < 1.29 is 0 Å². The lowest BCUT2D eigenvalue weighted by atomic mass is 9.75. The summed E-state index contributed by atoms with van der Waals surface area (Å²) in [7, 11) is 6.56. The fourth-order valence-corrected chi connectivity index (χ4v) is 3.41. The van der Waals surface area contributed by atoms with Gasteiger partial charge in [0.05, 0.1) is 0 Å². The Labute approximate surface area is 113 Å². The third kappa shape index (κ3) is 2.83. The number of anilines is 1. The van der Waals surface area contributed by atoms with Gasteiger partial charge in [-0.2, -0.15) is 0 Å². The summed E-state index contributed by atoms with van der Waals surface area (Å²) in [6.45, 7) is 2.05. The van der Waals surface area contributed by atoms with Gasteiger partial charge in [0.2, 0.25) is 0 Å². The van der Waals surface area contributed by atoms with Crippen molar-refractivity contribution in [1.82, 2.24) is 14.8 Å². The maximum Gasteiger partial charge on any atom is 0.197 e. The van der Waals surface area contributed by atoms with Crippen LogP contribution in [0.15, 0.2) is 6.20 Å². The number of hydrogen-bond donors (Lipinski definition) is 2. The van der Waals surface area contributed by atoms with E-state index in [1.54, 1.807) is 11.3 Å². The zero-order valence-electron chi connectivity index (χ0n) is 11.4. The monoisotopic (exact) mass is 269 g/mol. The Kier molecular flexibility index (Phi) is 4.21. The molecule has 1 aromatic heterocycles. The van der Waals surface area contributed by atoms with Gasteiger partial charge in [-0.15, -0.1) is 0 Å². The highest BCUT2D eigenvalue weighted by molar-refractivity contribution is 7.15. The van der Waals surface area contributed by atoms with Crippen molar-refractivity contribution in [3.8, 4) is 0 Å². The third-order valence-electron chi connectivity index (χ3n) is 3.90. The van der Waals surface area contributed by atoms with E-state index in [9.17, 15) is 0 Å². The molecule has 0 unspecified atom stereocenters. The minimum atomic E-state index is 0.383. The molecular formula is C12H23N5S. The van der Waals surface area contributed by atoms with E-state index < -0.39 is 0 Å². The Balaban J connectivity index is 1.90. The number of nitrogen functional groups attached to an aromatic ring is 1. The number of aromatic nitrogens is 1. The standard InChI is InChI=1S/C12H23N5S/c1-16(2)12(5-4-6-12)9-17(3)8-10-7-14-11(15-13)18-10/h7H,4-6,8-9,13H2,1-3H3,(H,14,15). The highest BCUT2D eigenvalue weighted by Gasteiger charge is 2.39. The topological polar surface area (TPSA) is 57.4 Å². The number of rotatable bonds is 6. The number of thiazole rings is 1. The lowest BCUT2D eigenvalue weighted by Gasteiger charge is -2.49. The summed E-state index contributed by atoms with van der Waals surface area (Å²) < 4.78 is 0. The minimum Gasteiger partial charge on any atom is -0.302 e. The molecule has 0 saturated heterocycles. The van der Waals surface area contributed by atoms with Crippen molar-refractivity contribution in [2.45, 2.75) is 31.3 Å². The van der Waals surface area contributed by atoms with E-state index in [0.29, 0.717) is 5.54 Å². The lowest BCUT2D eigenvalue weighted by molar-refractivity contribution is 0.0261. The van der Waals surface area contributed by atoms with Crippen molar-refractivity contribution >= 4 is 16.5 Å². The highest BCUT2D eigenvalue weighted by atomic mass is 32.1. The van der Waals surface area contributed by atoms with E-state index in [-0.39, 0.29) is 0 Å². The molecule has 102 valence electrons. The van der Waals surface area contributed by atoms with Crippen LogP contribution < -0.4 is 11.3 Å². The van der Waals surface area contributed by atoms with E-state index in [1.165, 1.54) is 24.1 Å². The summed E-state index contributed by atoms with van der Waals surface area (Å²) in [5, 5.41) is 0.782. The number of nitrogens with one attached hydrogen (secondary N) is 1. The summed E-state index contributed by atoms with van der Waals surface area (Å²) in [6, 6.07) is 0. The average Bonchev–Trinajstić information content (AvgIpc) is 2.70. The fourth-order valence-electron chi connectivity index (χ4n) is 2.60. The molecule has 0 radical (unpaired) electrons. The second kappa shape index (κ2) is 5.52. The summed E-state index contributed by atoms with van der Waals surface area (Å²) in [4.78, 5) is 10.2. The molecule has 0 atom stereocenters. The van der Waals surface area contributed by atoms with Gasteiger partial charge in [-0.1, -0.05) is 11.3 Å². The molecule has 1 aromatic rings. The molecule has 5 nitrogen and oxygen atoms in total. The van der Waals surface area contributed by atoms with Crippen LogP contribution in [0.1, 0.15) is 24.1 Å². The molecule has 2 rings (SSSR count). The van der Waals surface area contributed by atoms with Crippen molar-refractivity contribution in [3.63, 3.8) is 0 Å². The molecule has 6 heteroatoms. The molecule has 3 N–H and O–H groups in total. The van der Waals surface area contributed by atoms with Gasteiger partial charge in [0.1, 0.15) is 0 Å². The van der Waals surface area contributed by atoms with Gasteiger partial charge in [0.25, 0.3) is 0 Å². The van der Waals surface area contributed by atoms with Crippen LogP contribution >= 0.6 is 11.3 Å². The number of likely N-dealkylation sites (N-methyl/N-ethyl adjacent to an activating group) is 2. The minimum absolute atomic E-state index is 0.383. The maximum absolute atomic E-state index is 5.34. The van der Waals surface area contributed by atoms with Gasteiger partial charge >= 0.3 is 0 Å². The van der Waals surface area contributed by atoms with Gasteiger partial charge < -0.3 is 4.90 Å². The summed E-state index contributed by atoms with van der Waals surface area (Å²) in [5.74, 6) is 5.34. The molecule has 0 amide bonds. The van der Waals surface area contributed by atoms with Crippen molar-refractivity contribution in [1.29, 1.82) is 0 Å². The Hall–Kier alpha value is -0.690. The third-order valence-corrected chi connectivity index (χ3v) is 4.81. The zero-order chi connectivity index (χ0) is 13.2. The number of nitrogens with zero attached hydrogens (tertiary/aromatic N) is 3. The predicted octanol–water partition coefficient (Wildman–Crippen LogP) is 1.34. The van der Waals surface area contributed by atoms with Crippen molar-refractivity contribution in [2.75, 3.05) is 33.1 Å². The van der Waals surface area contributed by atoms with Gasteiger partial charge in [0.15, 0.2) is 5.13 Å². The van der Waals surface area contributed by atoms with Crippen LogP contribution in [0.4, 0.5) is 5.13 Å². The second-order valence-corrected chi connectivity index (χ2v) is 6.54. The zero-order valence-corrected chi connectivity index (χ0v) is 12.3. The quantitative estimate of drug-likeness (QED) is 0.603. The molecule has 0 aliphatic heterocycles. The molecule has 1 aliphatic carbocycles. The molecule has 0 spiro atoms. The number of hydrazine groups is 1. The SMILES string of the molecule is CN(Cc1cnc(NN)s1)CC1(N(C)C)CCC1. The molecular weight excluding hydrogens is 246 g/mol. The Morgan fingerprint density at radius 1 is 1.44 bits per heavy atom. The summed E-state index contributed by atoms with van der Waals surface area (Å²) in [5.41, 5.74) is 2.97. The number of nitrogens with two attached hydrogens (primary N) is 1. The molecule has 18 heavy (non-hydrogen) atoms. The highest BCUT2D eigenvalue weighted by Crippen LogP contribution is 2.37. The fraction of sp³-hybridized carbons (Fsp3) is 0.750. The molecule has 1 aliphatic rings. The van der Waals surface area contributed by atoms with Gasteiger partial charge in [-0.05, 0) is 40.4 Å². The van der Waals surface area contributed by atoms with Gasteiger partial charge in [-0.25, -0.2) is 10.8 Å². The maximum atomic E-state index is 5.34. The van der Waals surface area contributed by atoms with E-state index in [2.05, 4.69) is 41.4 Å². The Morgan fingerprint density at radius 2 is 2.17 bits per heavy atom. The van der Waals surface area contributed by atoms with Crippen LogP contribution in [0.3, 0.4) is 0 Å². The van der Waals surface area contributed by atoms with Gasteiger partial charge in [-0.3, -0.25) is 10.3 Å². The van der Waals surface area contributed by atoms with Gasteiger partial charge in [0, 0.05) is 29.7 Å². The Bertz CT molecular complexity index is 386. The molecule has 1 saturated carbocycles. The molecule has 0 aromatic carbocycles. The first-order valence-corrected chi connectivity index (χ1v) is 7.15. The van der Waals surface area contributed by atoms with E-state index in [4.69, 9.17) is 5.84 Å². The average molecular weight is 269 g/mol. The predicted molar refractivity (Wildman–Crippen MR) is 76.5 cm³/mol. The van der Waals surface area contributed by atoms with Crippen LogP contribution in [0.2, 0.25) is 0 Å². The van der Waals surface area contributed by atoms with Crippen molar-refractivity contribution in [2.24, 2.45) is 5.84 Å². The largest absolute Gasteiger partial charge is 0.302 e. The van der Waals surface area contributed by atoms with Crippen LogP contribution in [0.25, 0.3) is 0 Å². The lowest BCUT2D eigenvalue weighted by Crippen LogP contribution is -2.56. The normalized spacial score (nSPS) is 18.1. The molecule has 1 fully saturated rings. The Morgan fingerprint density at radius 3 is 2.61 bits per heavy atom. The van der Waals surface area contributed by atoms with Crippen LogP contribution in [-0.4, -0.2) is 48.0 Å². The van der Waals surface area contributed by atoms with Crippen LogP contribution in [0.5, 0.6) is 0 Å².